The van der Waals surface area contributed by atoms with Gasteiger partial charge in [0, 0.05) is 18.0 Å². The number of amides is 1. The van der Waals surface area contributed by atoms with Gasteiger partial charge in [-0.1, -0.05) is 12.1 Å². The molecule has 0 saturated heterocycles. The second-order valence-corrected chi connectivity index (χ2v) is 6.76. The first-order chi connectivity index (χ1) is 12.7. The summed E-state index contributed by atoms with van der Waals surface area (Å²) in [5.74, 6) is -2.64. The van der Waals surface area contributed by atoms with Gasteiger partial charge in [-0.25, -0.2) is 4.79 Å². The number of hydrogen-bond donors (Lipinski definition) is 1. The minimum atomic E-state index is -1.43. The summed E-state index contributed by atoms with van der Waals surface area (Å²) < 4.78 is 30.1. The number of anilines is 1. The maximum atomic E-state index is 13.3. The van der Waals surface area contributed by atoms with E-state index in [2.05, 4.69) is 5.32 Å². The first kappa shape index (κ1) is 20.2. The monoisotopic (exact) mass is 394 g/mol. The Morgan fingerprint density at radius 3 is 2.56 bits per heavy atom. The van der Waals surface area contributed by atoms with E-state index in [1.165, 1.54) is 25.3 Å². The van der Waals surface area contributed by atoms with E-state index in [1.807, 2.05) is 0 Å². The number of esters is 1. The quantitative estimate of drug-likeness (QED) is 0.457. The topological polar surface area (TPSA) is 116 Å². The van der Waals surface area contributed by atoms with Crippen LogP contribution in [0.3, 0.4) is 0 Å². The van der Waals surface area contributed by atoms with Crippen LogP contribution in [0.5, 0.6) is 0 Å². The number of ether oxygens (including phenoxy) is 1. The normalized spacial score (nSPS) is 12.7. The highest BCUT2D eigenvalue weighted by Crippen LogP contribution is 2.22. The molecule has 0 aliphatic rings. The highest BCUT2D eigenvalue weighted by molar-refractivity contribution is 7.84. The zero-order valence-electron chi connectivity index (χ0n) is 14.3. The number of nitrogens with zero attached hydrogens (tertiary/aromatic N) is 1. The third-order valence-electron chi connectivity index (χ3n) is 3.48. The van der Waals surface area contributed by atoms with Crippen LogP contribution < -0.4 is 5.32 Å². The maximum Gasteiger partial charge on any atom is 0.340 e. The fraction of sp³-hybridized carbons (Fsp3) is 0.176. The van der Waals surface area contributed by atoms with Crippen LogP contribution in [-0.2, 0) is 20.3 Å². The van der Waals surface area contributed by atoms with Gasteiger partial charge in [-0.05, 0) is 31.2 Å². The number of halogens is 1. The van der Waals surface area contributed by atoms with Gasteiger partial charge >= 0.3 is 11.7 Å². The van der Waals surface area contributed by atoms with Crippen LogP contribution in [-0.4, -0.2) is 33.4 Å². The smallest absolute Gasteiger partial charge is 0.340 e. The van der Waals surface area contributed by atoms with Gasteiger partial charge in [-0.3, -0.25) is 19.1 Å². The highest BCUT2D eigenvalue weighted by atomic mass is 32.2. The molecule has 0 aliphatic carbocycles. The molecule has 0 unspecified atom stereocenters. The summed E-state index contributed by atoms with van der Waals surface area (Å²) in [6.07, 6.45) is 0.156. The van der Waals surface area contributed by atoms with Crippen molar-refractivity contribution >= 4 is 34.1 Å². The van der Waals surface area contributed by atoms with Gasteiger partial charge < -0.3 is 10.1 Å². The fourth-order valence-corrected chi connectivity index (χ4v) is 2.87. The van der Waals surface area contributed by atoms with Gasteiger partial charge in [0.05, 0.1) is 26.2 Å². The number of benzene rings is 2. The second kappa shape index (κ2) is 8.49. The number of carbonyl (C=O) groups excluding carboxylic acids is 2. The van der Waals surface area contributed by atoms with E-state index in [9.17, 15) is 28.3 Å². The molecule has 0 fully saturated rings. The van der Waals surface area contributed by atoms with Crippen LogP contribution in [0.1, 0.15) is 17.3 Å². The standard InChI is InChI=1S/C17H15FN2O6S/c1-10(26-17(22)12-5-3-4-6-15(12)27(2)25)16(21)19-11-7-8-13(18)14(9-11)20(23)24/h3-10H,1-2H3,(H,19,21)/t10-,27+/m0/s1. The van der Waals surface area contributed by atoms with Crippen LogP contribution in [0.2, 0.25) is 0 Å². The number of rotatable bonds is 6. The van der Waals surface area contributed by atoms with E-state index in [1.54, 1.807) is 12.1 Å². The molecule has 0 aliphatic heterocycles. The minimum absolute atomic E-state index is 0.0222. The van der Waals surface area contributed by atoms with Crippen molar-refractivity contribution in [1.82, 2.24) is 0 Å². The summed E-state index contributed by atoms with van der Waals surface area (Å²) in [6.45, 7) is 1.30. The fourth-order valence-electron chi connectivity index (χ4n) is 2.14. The SMILES string of the molecule is C[C@H](OC(=O)c1ccccc1[S@@](C)=O)C(=O)Nc1ccc(F)c([N+](=O)[O-])c1. The van der Waals surface area contributed by atoms with Crippen molar-refractivity contribution < 1.29 is 27.8 Å². The van der Waals surface area contributed by atoms with Crippen molar-refractivity contribution in [3.8, 4) is 0 Å². The molecule has 0 aromatic heterocycles. The number of nitro groups is 1. The van der Waals surface area contributed by atoms with Gasteiger partial charge in [0.15, 0.2) is 6.10 Å². The molecule has 1 amide bonds. The lowest BCUT2D eigenvalue weighted by Crippen LogP contribution is -2.30. The van der Waals surface area contributed by atoms with Crippen molar-refractivity contribution in [3.63, 3.8) is 0 Å². The van der Waals surface area contributed by atoms with E-state index in [0.717, 1.165) is 18.2 Å². The Morgan fingerprint density at radius 1 is 1.26 bits per heavy atom. The van der Waals surface area contributed by atoms with E-state index in [4.69, 9.17) is 4.74 Å². The van der Waals surface area contributed by atoms with Gasteiger partial charge in [-0.2, -0.15) is 4.39 Å². The molecule has 0 heterocycles. The Hall–Kier alpha value is -3.14. The molecule has 2 aromatic carbocycles. The summed E-state index contributed by atoms with van der Waals surface area (Å²) in [5, 5.41) is 13.1. The van der Waals surface area contributed by atoms with E-state index in [-0.39, 0.29) is 16.1 Å². The summed E-state index contributed by atoms with van der Waals surface area (Å²) in [6, 6.07) is 8.96. The van der Waals surface area contributed by atoms with Crippen LogP contribution in [0, 0.1) is 15.9 Å². The predicted molar refractivity (Wildman–Crippen MR) is 95.3 cm³/mol. The lowest BCUT2D eigenvalue weighted by molar-refractivity contribution is -0.387. The zero-order valence-corrected chi connectivity index (χ0v) is 15.1. The van der Waals surface area contributed by atoms with Gasteiger partial charge in [-0.15, -0.1) is 0 Å². The van der Waals surface area contributed by atoms with Crippen molar-refractivity contribution in [3.05, 3.63) is 64.0 Å². The molecule has 27 heavy (non-hydrogen) atoms. The molecule has 2 rings (SSSR count). The molecule has 8 nitrogen and oxygen atoms in total. The molecular weight excluding hydrogens is 379 g/mol. The first-order valence-electron chi connectivity index (χ1n) is 7.59. The number of nitro benzene ring substituents is 1. The third-order valence-corrected chi connectivity index (χ3v) is 4.46. The summed E-state index contributed by atoms with van der Waals surface area (Å²) in [5.41, 5.74) is -0.752. The Labute approximate surface area is 155 Å². The molecule has 142 valence electrons. The highest BCUT2D eigenvalue weighted by Gasteiger charge is 2.23. The van der Waals surface area contributed by atoms with Crippen LogP contribution >= 0.6 is 0 Å². The molecular formula is C17H15FN2O6S. The summed E-state index contributed by atoms with van der Waals surface area (Å²) in [7, 11) is -1.43. The average molecular weight is 394 g/mol. The summed E-state index contributed by atoms with van der Waals surface area (Å²) in [4.78, 5) is 34.5. The Morgan fingerprint density at radius 2 is 1.93 bits per heavy atom. The van der Waals surface area contributed by atoms with Crippen LogP contribution in [0.25, 0.3) is 0 Å². The minimum Gasteiger partial charge on any atom is -0.449 e. The molecule has 2 atom stereocenters. The van der Waals surface area contributed by atoms with Gasteiger partial charge in [0.1, 0.15) is 0 Å². The van der Waals surface area contributed by atoms with Crippen molar-refractivity contribution in [2.24, 2.45) is 0 Å². The molecule has 2 aromatic rings. The van der Waals surface area contributed by atoms with E-state index in [0.29, 0.717) is 0 Å². The number of carbonyl (C=O) groups is 2. The molecule has 1 N–H and O–H groups in total. The van der Waals surface area contributed by atoms with Gasteiger partial charge in [0.2, 0.25) is 5.82 Å². The predicted octanol–water partition coefficient (Wildman–Crippen LogP) is 2.66. The molecule has 0 bridgehead atoms. The molecule has 10 heteroatoms. The van der Waals surface area contributed by atoms with Crippen molar-refractivity contribution in [2.45, 2.75) is 17.9 Å². The van der Waals surface area contributed by atoms with Gasteiger partial charge in [0.25, 0.3) is 5.91 Å². The van der Waals surface area contributed by atoms with E-state index >= 15 is 0 Å². The molecule has 0 saturated carbocycles. The Balaban J connectivity index is 2.10. The largest absolute Gasteiger partial charge is 0.449 e. The third kappa shape index (κ3) is 4.94. The lowest BCUT2D eigenvalue weighted by atomic mass is 10.2. The Kier molecular flexibility index (Phi) is 6.35. The second-order valence-electron chi connectivity index (χ2n) is 5.41. The molecule has 0 spiro atoms. The van der Waals surface area contributed by atoms with Crippen molar-refractivity contribution in [2.75, 3.05) is 11.6 Å². The van der Waals surface area contributed by atoms with Crippen molar-refractivity contribution in [1.29, 1.82) is 0 Å². The number of nitrogens with one attached hydrogen (secondary N) is 1. The molecule has 0 radical (unpaired) electrons. The first-order valence-corrected chi connectivity index (χ1v) is 9.14. The Bertz CT molecular complexity index is 933. The van der Waals surface area contributed by atoms with E-state index < -0.39 is 45.2 Å². The average Bonchev–Trinajstić information content (AvgIpc) is 2.62. The summed E-state index contributed by atoms with van der Waals surface area (Å²) >= 11 is 0. The lowest BCUT2D eigenvalue weighted by Gasteiger charge is -2.14. The zero-order chi connectivity index (χ0) is 20.1. The van der Waals surface area contributed by atoms with Crippen LogP contribution in [0.15, 0.2) is 47.4 Å². The maximum absolute atomic E-state index is 13.3. The number of hydrogen-bond acceptors (Lipinski definition) is 6. The van der Waals surface area contributed by atoms with Crippen LogP contribution in [0.4, 0.5) is 15.8 Å².